The smallest absolute Gasteiger partial charge is 0.133 e. The Labute approximate surface area is 144 Å². The van der Waals surface area contributed by atoms with Gasteiger partial charge in [0.25, 0.3) is 0 Å². The van der Waals surface area contributed by atoms with Crippen molar-refractivity contribution in [1.29, 1.82) is 0 Å². The van der Waals surface area contributed by atoms with E-state index in [1.165, 1.54) is 11.4 Å². The van der Waals surface area contributed by atoms with Crippen molar-refractivity contribution >= 4 is 5.78 Å². The molecule has 130 valence electrons. The summed E-state index contributed by atoms with van der Waals surface area (Å²) in [6.07, 6.45) is 8.38. The van der Waals surface area contributed by atoms with Crippen LogP contribution in [0.5, 0.6) is 0 Å². The Hall–Kier alpha value is -1.91. The zero-order chi connectivity index (χ0) is 17.5. The van der Waals surface area contributed by atoms with E-state index in [0.29, 0.717) is 18.1 Å². The zero-order valence-electron chi connectivity index (χ0n) is 15.5. The van der Waals surface area contributed by atoms with Crippen molar-refractivity contribution in [3.8, 4) is 5.69 Å². The molecule has 2 aromatic heterocycles. The third-order valence-electron chi connectivity index (χ3n) is 5.66. The van der Waals surface area contributed by atoms with Crippen molar-refractivity contribution < 1.29 is 4.79 Å². The molecule has 2 unspecified atom stereocenters. The molecule has 24 heavy (non-hydrogen) atoms. The number of rotatable bonds is 1. The lowest BCUT2D eigenvalue weighted by molar-refractivity contribution is -0.123. The minimum Gasteiger partial charge on any atom is -0.300 e. The van der Waals surface area contributed by atoms with Crippen LogP contribution in [-0.2, 0) is 23.7 Å². The van der Waals surface area contributed by atoms with Gasteiger partial charge >= 0.3 is 0 Å². The van der Waals surface area contributed by atoms with Crippen LogP contribution >= 0.6 is 0 Å². The van der Waals surface area contributed by atoms with Gasteiger partial charge in [-0.1, -0.05) is 20.8 Å². The van der Waals surface area contributed by atoms with Gasteiger partial charge in [-0.25, -0.2) is 4.98 Å². The predicted molar refractivity (Wildman–Crippen MR) is 94.4 cm³/mol. The average Bonchev–Trinajstić information content (AvgIpc) is 3.13. The standard InChI is InChI=1S/C17H22N4O.C2H6/c1-11-19-16-15(21(11)13-9-18-20(3)10-13)5-4-12-8-14(22)6-7-17(12,16)2;1-2/h9-10,12H,4-8H2,1-3H3;1-2H3. The van der Waals surface area contributed by atoms with E-state index in [9.17, 15) is 4.79 Å². The molecular weight excluding hydrogens is 300 g/mol. The molecule has 2 atom stereocenters. The summed E-state index contributed by atoms with van der Waals surface area (Å²) in [7, 11) is 1.94. The summed E-state index contributed by atoms with van der Waals surface area (Å²) < 4.78 is 4.08. The summed E-state index contributed by atoms with van der Waals surface area (Å²) in [5.74, 6) is 1.91. The maximum absolute atomic E-state index is 11.8. The lowest BCUT2D eigenvalue weighted by Gasteiger charge is -2.43. The number of carbonyl (C=O) groups is 1. The summed E-state index contributed by atoms with van der Waals surface area (Å²) >= 11 is 0. The van der Waals surface area contributed by atoms with Crippen molar-refractivity contribution in [1.82, 2.24) is 19.3 Å². The van der Waals surface area contributed by atoms with E-state index < -0.39 is 0 Å². The van der Waals surface area contributed by atoms with Crippen molar-refractivity contribution in [2.24, 2.45) is 13.0 Å². The molecule has 1 saturated carbocycles. The van der Waals surface area contributed by atoms with E-state index in [2.05, 4.69) is 23.5 Å². The van der Waals surface area contributed by atoms with Gasteiger partial charge in [-0.15, -0.1) is 0 Å². The minimum absolute atomic E-state index is 0.0553. The van der Waals surface area contributed by atoms with Crippen LogP contribution < -0.4 is 0 Å². The van der Waals surface area contributed by atoms with Crippen LogP contribution in [0.25, 0.3) is 5.69 Å². The highest BCUT2D eigenvalue weighted by atomic mass is 16.1. The highest BCUT2D eigenvalue weighted by Gasteiger charge is 2.46. The Bertz CT molecular complexity index is 758. The highest BCUT2D eigenvalue weighted by molar-refractivity contribution is 5.80. The van der Waals surface area contributed by atoms with E-state index in [-0.39, 0.29) is 5.41 Å². The molecule has 2 aliphatic carbocycles. The number of hydrogen-bond donors (Lipinski definition) is 0. The zero-order valence-corrected chi connectivity index (χ0v) is 15.5. The van der Waals surface area contributed by atoms with Crippen LogP contribution in [-0.4, -0.2) is 25.1 Å². The Morgan fingerprint density at radius 3 is 2.71 bits per heavy atom. The van der Waals surface area contributed by atoms with Gasteiger partial charge in [0.15, 0.2) is 0 Å². The van der Waals surface area contributed by atoms with Crippen LogP contribution in [0.1, 0.15) is 63.7 Å². The second kappa shape index (κ2) is 6.19. The molecule has 0 aliphatic heterocycles. The summed E-state index contributed by atoms with van der Waals surface area (Å²) in [5.41, 5.74) is 3.68. The van der Waals surface area contributed by atoms with Crippen LogP contribution in [0, 0.1) is 12.8 Å². The van der Waals surface area contributed by atoms with Gasteiger partial charge in [0.2, 0.25) is 0 Å². The van der Waals surface area contributed by atoms with Gasteiger partial charge in [0, 0.05) is 37.2 Å². The summed E-state index contributed by atoms with van der Waals surface area (Å²) in [6, 6.07) is 0. The molecule has 5 heteroatoms. The molecule has 0 radical (unpaired) electrons. The minimum atomic E-state index is 0.0553. The molecule has 4 rings (SSSR count). The maximum Gasteiger partial charge on any atom is 0.133 e. The van der Waals surface area contributed by atoms with E-state index >= 15 is 0 Å². The number of carbonyl (C=O) groups excluding carboxylic acids is 1. The number of aryl methyl sites for hydroxylation is 2. The molecule has 0 spiro atoms. The molecule has 2 aromatic rings. The number of fused-ring (bicyclic) bond motifs is 3. The summed E-state index contributed by atoms with van der Waals surface area (Å²) in [6.45, 7) is 8.37. The molecule has 2 aliphatic rings. The van der Waals surface area contributed by atoms with Crippen molar-refractivity contribution in [3.05, 3.63) is 29.6 Å². The highest BCUT2D eigenvalue weighted by Crippen LogP contribution is 2.49. The number of ketones is 1. The van der Waals surface area contributed by atoms with Gasteiger partial charge in [-0.2, -0.15) is 5.10 Å². The van der Waals surface area contributed by atoms with E-state index in [4.69, 9.17) is 4.98 Å². The Balaban J connectivity index is 0.000000815. The van der Waals surface area contributed by atoms with Crippen LogP contribution in [0.15, 0.2) is 12.4 Å². The topological polar surface area (TPSA) is 52.7 Å². The fourth-order valence-electron chi connectivity index (χ4n) is 4.38. The first-order valence-electron chi connectivity index (χ1n) is 9.08. The Morgan fingerprint density at radius 1 is 1.29 bits per heavy atom. The summed E-state index contributed by atoms with van der Waals surface area (Å²) in [5, 5.41) is 4.29. The van der Waals surface area contributed by atoms with Gasteiger partial charge in [-0.3, -0.25) is 14.0 Å². The van der Waals surface area contributed by atoms with E-state index in [1.54, 1.807) is 0 Å². The third-order valence-corrected chi connectivity index (χ3v) is 5.66. The molecule has 0 bridgehead atoms. The Kier molecular flexibility index (Phi) is 4.37. The van der Waals surface area contributed by atoms with Crippen LogP contribution in [0.4, 0.5) is 0 Å². The first-order chi connectivity index (χ1) is 11.5. The van der Waals surface area contributed by atoms with Gasteiger partial charge in [-0.05, 0) is 32.1 Å². The second-order valence-electron chi connectivity index (χ2n) is 7.06. The molecule has 2 heterocycles. The van der Waals surface area contributed by atoms with E-state index in [1.807, 2.05) is 38.0 Å². The molecule has 0 amide bonds. The van der Waals surface area contributed by atoms with Crippen molar-refractivity contribution in [2.45, 2.75) is 65.2 Å². The quantitative estimate of drug-likeness (QED) is 0.805. The monoisotopic (exact) mass is 328 g/mol. The van der Waals surface area contributed by atoms with Gasteiger partial charge in [0.1, 0.15) is 11.6 Å². The van der Waals surface area contributed by atoms with Crippen LogP contribution in [0.2, 0.25) is 0 Å². The molecule has 1 fully saturated rings. The number of nitrogens with zero attached hydrogens (tertiary/aromatic N) is 4. The number of Topliss-reactive ketones (excluding diaryl/α,β-unsaturated/α-hetero) is 1. The first kappa shape index (κ1) is 16.9. The van der Waals surface area contributed by atoms with Crippen molar-refractivity contribution in [3.63, 3.8) is 0 Å². The largest absolute Gasteiger partial charge is 0.300 e. The summed E-state index contributed by atoms with van der Waals surface area (Å²) in [4.78, 5) is 16.8. The SMILES string of the molecule is CC.Cc1nc2c(n1-c1cnn(C)c1)CCC1CC(=O)CCC21C. The van der Waals surface area contributed by atoms with Gasteiger partial charge < -0.3 is 0 Å². The molecule has 5 nitrogen and oxygen atoms in total. The fraction of sp³-hybridized carbons (Fsp3) is 0.632. The predicted octanol–water partition coefficient (Wildman–Crippen LogP) is 3.51. The van der Waals surface area contributed by atoms with Gasteiger partial charge in [0.05, 0.1) is 17.6 Å². The number of aromatic nitrogens is 4. The molecular formula is C19H28N4O. The van der Waals surface area contributed by atoms with Crippen molar-refractivity contribution in [2.75, 3.05) is 0 Å². The lowest BCUT2D eigenvalue weighted by atomic mass is 9.60. The Morgan fingerprint density at radius 2 is 2.04 bits per heavy atom. The van der Waals surface area contributed by atoms with Crippen LogP contribution in [0.3, 0.4) is 0 Å². The third kappa shape index (κ3) is 2.50. The maximum atomic E-state index is 11.8. The molecule has 0 saturated heterocycles. The second-order valence-corrected chi connectivity index (χ2v) is 7.06. The number of imidazole rings is 1. The first-order valence-corrected chi connectivity index (χ1v) is 9.08. The average molecular weight is 328 g/mol. The lowest BCUT2D eigenvalue weighted by Crippen LogP contribution is -2.42. The molecule has 0 N–H and O–H groups in total. The molecule has 0 aromatic carbocycles. The van der Waals surface area contributed by atoms with E-state index in [0.717, 1.165) is 37.2 Å². The fourth-order valence-corrected chi connectivity index (χ4v) is 4.38. The number of hydrogen-bond acceptors (Lipinski definition) is 3. The normalized spacial score (nSPS) is 25.5.